The number of urea groups is 1. The number of nitrogens with one attached hydrogen (secondary N) is 3. The SMILES string of the molecule is CCC(=O)Nc1nc2ccc(NC(=O)NC(C)CC)cc2s1. The van der Waals surface area contributed by atoms with Crippen LogP contribution >= 0.6 is 11.3 Å². The van der Waals surface area contributed by atoms with Crippen LogP contribution in [0.25, 0.3) is 10.2 Å². The minimum atomic E-state index is -0.224. The summed E-state index contributed by atoms with van der Waals surface area (Å²) in [6.45, 7) is 5.76. The van der Waals surface area contributed by atoms with Crippen molar-refractivity contribution >= 4 is 44.3 Å². The summed E-state index contributed by atoms with van der Waals surface area (Å²) >= 11 is 1.39. The smallest absolute Gasteiger partial charge is 0.319 e. The number of aromatic nitrogens is 1. The molecule has 0 bridgehead atoms. The third-order valence-corrected chi connectivity index (χ3v) is 4.14. The first kappa shape index (κ1) is 16.2. The summed E-state index contributed by atoms with van der Waals surface area (Å²) in [4.78, 5) is 27.5. The topological polar surface area (TPSA) is 83.1 Å². The third-order valence-electron chi connectivity index (χ3n) is 3.20. The van der Waals surface area contributed by atoms with Gasteiger partial charge in [0.15, 0.2) is 5.13 Å². The third kappa shape index (κ3) is 4.17. The van der Waals surface area contributed by atoms with Gasteiger partial charge in [0.2, 0.25) is 5.91 Å². The van der Waals surface area contributed by atoms with Gasteiger partial charge >= 0.3 is 6.03 Å². The van der Waals surface area contributed by atoms with Gasteiger partial charge in [-0.2, -0.15) is 0 Å². The number of hydrogen-bond donors (Lipinski definition) is 3. The Balaban J connectivity index is 2.09. The van der Waals surface area contributed by atoms with E-state index in [1.54, 1.807) is 13.0 Å². The highest BCUT2D eigenvalue weighted by Crippen LogP contribution is 2.28. The lowest BCUT2D eigenvalue weighted by molar-refractivity contribution is -0.115. The maximum Gasteiger partial charge on any atom is 0.319 e. The average molecular weight is 320 g/mol. The number of thiazole rings is 1. The molecule has 0 fully saturated rings. The van der Waals surface area contributed by atoms with Crippen molar-refractivity contribution in [1.82, 2.24) is 10.3 Å². The molecule has 2 rings (SSSR count). The van der Waals surface area contributed by atoms with Crippen LogP contribution in [0, 0.1) is 0 Å². The molecule has 7 heteroatoms. The molecule has 1 aromatic heterocycles. The molecule has 0 aliphatic carbocycles. The van der Waals surface area contributed by atoms with Crippen molar-refractivity contribution in [1.29, 1.82) is 0 Å². The van der Waals surface area contributed by atoms with Crippen molar-refractivity contribution < 1.29 is 9.59 Å². The quantitative estimate of drug-likeness (QED) is 0.787. The molecule has 6 nitrogen and oxygen atoms in total. The lowest BCUT2D eigenvalue weighted by Gasteiger charge is -2.12. The highest BCUT2D eigenvalue weighted by molar-refractivity contribution is 7.22. The standard InChI is InChI=1S/C15H20N4O2S/c1-4-9(3)16-14(21)17-10-6-7-11-12(8-10)22-15(18-11)19-13(20)5-2/h6-9H,4-5H2,1-3H3,(H2,16,17,21)(H,18,19,20). The van der Waals surface area contributed by atoms with E-state index in [2.05, 4.69) is 20.9 Å². The van der Waals surface area contributed by atoms with Crippen LogP contribution in [0.2, 0.25) is 0 Å². The van der Waals surface area contributed by atoms with E-state index in [9.17, 15) is 9.59 Å². The molecule has 2 aromatic rings. The number of benzene rings is 1. The van der Waals surface area contributed by atoms with Crippen molar-refractivity contribution in [3.63, 3.8) is 0 Å². The number of nitrogens with zero attached hydrogens (tertiary/aromatic N) is 1. The van der Waals surface area contributed by atoms with Gasteiger partial charge in [-0.15, -0.1) is 0 Å². The predicted octanol–water partition coefficient (Wildman–Crippen LogP) is 3.56. The summed E-state index contributed by atoms with van der Waals surface area (Å²) in [5.41, 5.74) is 1.50. The molecule has 0 aliphatic rings. The van der Waals surface area contributed by atoms with E-state index in [0.717, 1.165) is 16.6 Å². The highest BCUT2D eigenvalue weighted by atomic mass is 32.1. The fourth-order valence-electron chi connectivity index (χ4n) is 1.76. The van der Waals surface area contributed by atoms with E-state index in [1.165, 1.54) is 11.3 Å². The predicted molar refractivity (Wildman–Crippen MR) is 90.4 cm³/mol. The second-order valence-corrected chi connectivity index (χ2v) is 6.04. The van der Waals surface area contributed by atoms with E-state index in [0.29, 0.717) is 17.2 Å². The second kappa shape index (κ2) is 7.22. The lowest BCUT2D eigenvalue weighted by Crippen LogP contribution is -2.35. The molecule has 22 heavy (non-hydrogen) atoms. The van der Waals surface area contributed by atoms with Crippen molar-refractivity contribution in [3.8, 4) is 0 Å². The first-order valence-electron chi connectivity index (χ1n) is 7.29. The number of anilines is 2. The molecule has 118 valence electrons. The Morgan fingerprint density at radius 3 is 2.73 bits per heavy atom. The fourth-order valence-corrected chi connectivity index (χ4v) is 2.68. The molecule has 0 spiro atoms. The van der Waals surface area contributed by atoms with Crippen LogP contribution < -0.4 is 16.0 Å². The van der Waals surface area contributed by atoms with Crippen molar-refractivity contribution in [2.75, 3.05) is 10.6 Å². The number of carbonyl (C=O) groups is 2. The molecule has 0 aliphatic heterocycles. The maximum absolute atomic E-state index is 11.8. The Labute approximate surface area is 133 Å². The normalized spacial score (nSPS) is 12.0. The Morgan fingerprint density at radius 1 is 1.27 bits per heavy atom. The Bertz CT molecular complexity index is 683. The van der Waals surface area contributed by atoms with Gasteiger partial charge < -0.3 is 16.0 Å². The van der Waals surface area contributed by atoms with Gasteiger partial charge in [0.25, 0.3) is 0 Å². The molecule has 0 saturated heterocycles. The molecule has 1 atom stereocenters. The summed E-state index contributed by atoms with van der Waals surface area (Å²) in [6, 6.07) is 5.38. The minimum absolute atomic E-state index is 0.0645. The maximum atomic E-state index is 11.8. The Morgan fingerprint density at radius 2 is 2.05 bits per heavy atom. The van der Waals surface area contributed by atoms with E-state index < -0.39 is 0 Å². The van der Waals surface area contributed by atoms with Gasteiger partial charge in [-0.25, -0.2) is 9.78 Å². The number of amides is 3. The lowest BCUT2D eigenvalue weighted by atomic mass is 10.2. The van der Waals surface area contributed by atoms with E-state index >= 15 is 0 Å². The molecule has 1 unspecified atom stereocenters. The van der Waals surface area contributed by atoms with Crippen molar-refractivity contribution in [2.24, 2.45) is 0 Å². The van der Waals surface area contributed by atoms with Gasteiger partial charge in [-0.3, -0.25) is 4.79 Å². The number of rotatable bonds is 5. The van der Waals surface area contributed by atoms with Gasteiger partial charge in [0.1, 0.15) is 0 Å². The van der Waals surface area contributed by atoms with Crippen LogP contribution in [0.15, 0.2) is 18.2 Å². The largest absolute Gasteiger partial charge is 0.335 e. The first-order valence-corrected chi connectivity index (χ1v) is 8.11. The van der Waals surface area contributed by atoms with Gasteiger partial charge in [-0.1, -0.05) is 25.2 Å². The zero-order chi connectivity index (χ0) is 16.1. The number of fused-ring (bicyclic) bond motifs is 1. The number of carbonyl (C=O) groups excluding carboxylic acids is 2. The number of hydrogen-bond acceptors (Lipinski definition) is 4. The Hall–Kier alpha value is -2.15. The second-order valence-electron chi connectivity index (χ2n) is 5.01. The summed E-state index contributed by atoms with van der Waals surface area (Å²) in [6.07, 6.45) is 1.29. The monoisotopic (exact) mass is 320 g/mol. The van der Waals surface area contributed by atoms with Crippen LogP contribution in [-0.2, 0) is 4.79 Å². The molecule has 1 heterocycles. The van der Waals surface area contributed by atoms with Crippen LogP contribution in [0.3, 0.4) is 0 Å². The van der Waals surface area contributed by atoms with Crippen molar-refractivity contribution in [3.05, 3.63) is 18.2 Å². The summed E-state index contributed by atoms with van der Waals surface area (Å²) in [5, 5.41) is 8.96. The zero-order valence-electron chi connectivity index (χ0n) is 12.9. The average Bonchev–Trinajstić information content (AvgIpc) is 2.88. The molecule has 3 N–H and O–H groups in total. The van der Waals surface area contributed by atoms with Crippen molar-refractivity contribution in [2.45, 2.75) is 39.7 Å². The van der Waals surface area contributed by atoms with Gasteiger partial charge in [0, 0.05) is 18.2 Å². The Kier molecular flexibility index (Phi) is 5.32. The van der Waals surface area contributed by atoms with E-state index in [4.69, 9.17) is 0 Å². The van der Waals surface area contributed by atoms with Gasteiger partial charge in [-0.05, 0) is 31.5 Å². The van der Waals surface area contributed by atoms with Crippen LogP contribution in [0.5, 0.6) is 0 Å². The van der Waals surface area contributed by atoms with Crippen LogP contribution in [0.1, 0.15) is 33.6 Å². The molecule has 0 saturated carbocycles. The highest BCUT2D eigenvalue weighted by Gasteiger charge is 2.09. The molecule has 3 amide bonds. The molecule has 0 radical (unpaired) electrons. The van der Waals surface area contributed by atoms with E-state index in [-0.39, 0.29) is 18.0 Å². The minimum Gasteiger partial charge on any atom is -0.335 e. The van der Waals surface area contributed by atoms with Gasteiger partial charge in [0.05, 0.1) is 10.2 Å². The fraction of sp³-hybridized carbons (Fsp3) is 0.400. The van der Waals surface area contributed by atoms with Crippen LogP contribution in [0.4, 0.5) is 15.6 Å². The van der Waals surface area contributed by atoms with Crippen LogP contribution in [-0.4, -0.2) is 23.0 Å². The molecule has 1 aromatic carbocycles. The summed E-state index contributed by atoms with van der Waals surface area (Å²) in [7, 11) is 0. The molecular formula is C15H20N4O2S. The summed E-state index contributed by atoms with van der Waals surface area (Å²) < 4.78 is 0.910. The zero-order valence-corrected chi connectivity index (χ0v) is 13.7. The first-order chi connectivity index (χ1) is 10.5. The van der Waals surface area contributed by atoms with E-state index in [1.807, 2.05) is 26.0 Å². The summed E-state index contributed by atoms with van der Waals surface area (Å²) in [5.74, 6) is -0.0645. The molecular weight excluding hydrogens is 300 g/mol.